The fourth-order valence-electron chi connectivity index (χ4n) is 3.57. The molecular weight excluding hydrogens is 467 g/mol. The number of guanidine groups is 1. The number of carbonyl (C=O) groups is 1. The predicted molar refractivity (Wildman–Crippen MR) is 124 cm³/mol. The number of amides is 1. The van der Waals surface area contributed by atoms with Crippen LogP contribution in [-0.2, 0) is 11.3 Å². The highest BCUT2D eigenvalue weighted by Gasteiger charge is 2.25. The molecule has 0 heterocycles. The van der Waals surface area contributed by atoms with Gasteiger partial charge in [-0.15, -0.1) is 24.0 Å². The van der Waals surface area contributed by atoms with Crippen LogP contribution in [0.5, 0.6) is 0 Å². The molecule has 0 spiro atoms. The van der Waals surface area contributed by atoms with Gasteiger partial charge in [0.2, 0.25) is 5.91 Å². The lowest BCUT2D eigenvalue weighted by atomic mass is 9.85. The lowest BCUT2D eigenvalue weighted by Crippen LogP contribution is -2.45. The van der Waals surface area contributed by atoms with E-state index in [0.717, 1.165) is 68.7 Å². The zero-order chi connectivity index (χ0) is 19.1. The standard InChI is InChI=1S/C21H32N4O2.HI/c1-2-22-21(25-17-9-11-19(26)12-10-17)23-14-15-5-3-8-18(13-15)24-20(27)16-6-4-7-16;/h3,5,8,13,16-17,19,26H,2,4,6-7,9-12,14H2,1H3,(H,24,27)(H2,22,23,25);1H. The van der Waals surface area contributed by atoms with Crippen LogP contribution in [0.15, 0.2) is 29.3 Å². The quantitative estimate of drug-likeness (QED) is 0.274. The molecule has 3 rings (SSSR count). The summed E-state index contributed by atoms with van der Waals surface area (Å²) in [5.74, 6) is 1.13. The predicted octanol–water partition coefficient (Wildman–Crippen LogP) is 3.40. The molecule has 0 radical (unpaired) electrons. The Bertz CT molecular complexity index is 656. The molecular formula is C21H33IN4O2. The molecule has 2 aliphatic rings. The van der Waals surface area contributed by atoms with Crippen molar-refractivity contribution in [2.45, 2.75) is 70.6 Å². The Hall–Kier alpha value is -1.35. The highest BCUT2D eigenvalue weighted by Crippen LogP contribution is 2.27. The van der Waals surface area contributed by atoms with Crippen LogP contribution < -0.4 is 16.0 Å². The molecule has 0 aliphatic heterocycles. The largest absolute Gasteiger partial charge is 0.393 e. The van der Waals surface area contributed by atoms with Crippen molar-refractivity contribution in [3.63, 3.8) is 0 Å². The van der Waals surface area contributed by atoms with Gasteiger partial charge in [0.15, 0.2) is 5.96 Å². The van der Waals surface area contributed by atoms with E-state index in [9.17, 15) is 9.90 Å². The van der Waals surface area contributed by atoms with Crippen molar-refractivity contribution in [3.8, 4) is 0 Å². The third-order valence-electron chi connectivity index (χ3n) is 5.47. The number of anilines is 1. The fraction of sp³-hybridized carbons (Fsp3) is 0.619. The summed E-state index contributed by atoms with van der Waals surface area (Å²) >= 11 is 0. The van der Waals surface area contributed by atoms with Gasteiger partial charge in [0.25, 0.3) is 0 Å². The molecule has 7 heteroatoms. The summed E-state index contributed by atoms with van der Waals surface area (Å²) in [6.45, 7) is 3.41. The molecule has 0 atom stereocenters. The van der Waals surface area contributed by atoms with E-state index in [-0.39, 0.29) is 41.9 Å². The van der Waals surface area contributed by atoms with Gasteiger partial charge in [0, 0.05) is 24.2 Å². The van der Waals surface area contributed by atoms with Gasteiger partial charge in [0.05, 0.1) is 12.6 Å². The Kier molecular flexibility index (Phi) is 9.50. The fourth-order valence-corrected chi connectivity index (χ4v) is 3.57. The van der Waals surface area contributed by atoms with Crippen LogP contribution in [0, 0.1) is 5.92 Å². The summed E-state index contributed by atoms with van der Waals surface area (Å²) in [4.78, 5) is 16.8. The van der Waals surface area contributed by atoms with E-state index in [1.165, 1.54) is 0 Å². The molecule has 1 aromatic rings. The number of carbonyl (C=O) groups excluding carboxylic acids is 1. The first kappa shape index (κ1) is 22.9. The Labute approximate surface area is 185 Å². The zero-order valence-corrected chi connectivity index (χ0v) is 18.9. The van der Waals surface area contributed by atoms with Gasteiger partial charge < -0.3 is 21.1 Å². The summed E-state index contributed by atoms with van der Waals surface area (Å²) in [6.07, 6.45) is 6.65. The number of aliphatic imine (C=N–C) groups is 1. The van der Waals surface area contributed by atoms with Gasteiger partial charge in [-0.1, -0.05) is 18.6 Å². The molecule has 0 saturated heterocycles. The number of nitrogens with one attached hydrogen (secondary N) is 3. The third kappa shape index (κ3) is 6.92. The molecule has 0 aromatic heterocycles. The number of rotatable bonds is 6. The molecule has 2 aliphatic carbocycles. The molecule has 4 N–H and O–H groups in total. The van der Waals surface area contributed by atoms with Crippen molar-refractivity contribution in [1.29, 1.82) is 0 Å². The number of hydrogen-bond acceptors (Lipinski definition) is 3. The average Bonchev–Trinajstić information content (AvgIpc) is 2.60. The summed E-state index contributed by atoms with van der Waals surface area (Å²) in [5.41, 5.74) is 1.91. The Balaban J connectivity index is 0.00000280. The number of aliphatic hydroxyl groups is 1. The summed E-state index contributed by atoms with van der Waals surface area (Å²) in [7, 11) is 0. The lowest BCUT2D eigenvalue weighted by molar-refractivity contribution is -0.122. The number of nitrogens with zero attached hydrogens (tertiary/aromatic N) is 1. The normalized spacial score (nSPS) is 22.6. The first-order chi connectivity index (χ1) is 13.1. The number of halogens is 1. The molecule has 2 fully saturated rings. The van der Waals surface area contributed by atoms with Crippen LogP contribution >= 0.6 is 24.0 Å². The van der Waals surface area contributed by atoms with E-state index in [4.69, 9.17) is 4.99 Å². The molecule has 1 aromatic carbocycles. The topological polar surface area (TPSA) is 85.8 Å². The smallest absolute Gasteiger partial charge is 0.227 e. The molecule has 156 valence electrons. The third-order valence-corrected chi connectivity index (χ3v) is 5.47. The number of aliphatic hydroxyl groups excluding tert-OH is 1. The Morgan fingerprint density at radius 2 is 1.93 bits per heavy atom. The van der Waals surface area contributed by atoms with Crippen molar-refractivity contribution in [3.05, 3.63) is 29.8 Å². The van der Waals surface area contributed by atoms with E-state index in [1.54, 1.807) is 0 Å². The molecule has 0 unspecified atom stereocenters. The minimum Gasteiger partial charge on any atom is -0.393 e. The van der Waals surface area contributed by atoms with Crippen molar-refractivity contribution in [1.82, 2.24) is 10.6 Å². The summed E-state index contributed by atoms with van der Waals surface area (Å²) < 4.78 is 0. The van der Waals surface area contributed by atoms with Crippen molar-refractivity contribution in [2.75, 3.05) is 11.9 Å². The monoisotopic (exact) mass is 500 g/mol. The second-order valence-electron chi connectivity index (χ2n) is 7.66. The maximum absolute atomic E-state index is 12.1. The molecule has 2 saturated carbocycles. The van der Waals surface area contributed by atoms with Crippen molar-refractivity contribution < 1.29 is 9.90 Å². The van der Waals surface area contributed by atoms with Crippen molar-refractivity contribution >= 4 is 41.5 Å². The van der Waals surface area contributed by atoms with Gasteiger partial charge in [-0.25, -0.2) is 4.99 Å². The van der Waals surface area contributed by atoms with Gasteiger partial charge in [-0.2, -0.15) is 0 Å². The first-order valence-electron chi connectivity index (χ1n) is 10.3. The minimum atomic E-state index is -0.152. The van der Waals surface area contributed by atoms with Crippen LogP contribution in [0.2, 0.25) is 0 Å². The average molecular weight is 500 g/mol. The van der Waals surface area contributed by atoms with Crippen LogP contribution in [0.4, 0.5) is 5.69 Å². The Morgan fingerprint density at radius 3 is 2.57 bits per heavy atom. The van der Waals surface area contributed by atoms with E-state index in [0.29, 0.717) is 12.6 Å². The molecule has 28 heavy (non-hydrogen) atoms. The van der Waals surface area contributed by atoms with Gasteiger partial charge in [0.1, 0.15) is 0 Å². The van der Waals surface area contributed by atoms with E-state index < -0.39 is 0 Å². The molecule has 1 amide bonds. The minimum absolute atomic E-state index is 0. The molecule has 0 bridgehead atoms. The van der Waals surface area contributed by atoms with Crippen LogP contribution in [-0.4, -0.2) is 35.7 Å². The highest BCUT2D eigenvalue weighted by molar-refractivity contribution is 14.0. The SMILES string of the molecule is CCNC(=NCc1cccc(NC(=O)C2CCC2)c1)NC1CCC(O)CC1.I. The highest BCUT2D eigenvalue weighted by atomic mass is 127. The van der Waals surface area contributed by atoms with E-state index in [2.05, 4.69) is 22.9 Å². The van der Waals surface area contributed by atoms with Gasteiger partial charge in [-0.3, -0.25) is 4.79 Å². The van der Waals surface area contributed by atoms with E-state index >= 15 is 0 Å². The molecule has 6 nitrogen and oxygen atoms in total. The van der Waals surface area contributed by atoms with Crippen LogP contribution in [0.1, 0.15) is 57.4 Å². The van der Waals surface area contributed by atoms with Crippen LogP contribution in [0.25, 0.3) is 0 Å². The maximum atomic E-state index is 12.1. The van der Waals surface area contributed by atoms with Gasteiger partial charge in [-0.05, 0) is 63.1 Å². The first-order valence-corrected chi connectivity index (χ1v) is 10.3. The van der Waals surface area contributed by atoms with Gasteiger partial charge >= 0.3 is 0 Å². The second kappa shape index (κ2) is 11.6. The maximum Gasteiger partial charge on any atom is 0.227 e. The number of benzene rings is 1. The lowest BCUT2D eigenvalue weighted by Gasteiger charge is -2.27. The Morgan fingerprint density at radius 1 is 1.18 bits per heavy atom. The second-order valence-corrected chi connectivity index (χ2v) is 7.66. The summed E-state index contributed by atoms with van der Waals surface area (Å²) in [5, 5.41) is 19.5. The van der Waals surface area contributed by atoms with Crippen LogP contribution in [0.3, 0.4) is 0 Å². The van der Waals surface area contributed by atoms with Crippen molar-refractivity contribution in [2.24, 2.45) is 10.9 Å². The van der Waals surface area contributed by atoms with E-state index in [1.807, 2.05) is 24.3 Å². The number of hydrogen-bond donors (Lipinski definition) is 4. The summed E-state index contributed by atoms with van der Waals surface area (Å²) in [6, 6.07) is 8.29. The zero-order valence-electron chi connectivity index (χ0n) is 16.6.